The maximum atomic E-state index is 6.63. The number of nitrogens with zero attached hydrogens (tertiary/aromatic N) is 5. The fourth-order valence-electron chi connectivity index (χ4n) is 3.74. The van der Waals surface area contributed by atoms with Gasteiger partial charge in [0, 0.05) is 10.9 Å². The number of aromatic nitrogens is 3. The fourth-order valence-corrected chi connectivity index (χ4v) is 3.99. The van der Waals surface area contributed by atoms with Crippen molar-refractivity contribution in [3.63, 3.8) is 0 Å². The summed E-state index contributed by atoms with van der Waals surface area (Å²) in [5.74, 6) is 1.07. The summed E-state index contributed by atoms with van der Waals surface area (Å²) in [6, 6.07) is 17.7. The first-order valence-corrected chi connectivity index (χ1v) is 9.44. The summed E-state index contributed by atoms with van der Waals surface area (Å²) in [4.78, 5) is 4.18. The highest BCUT2D eigenvalue weighted by atomic mass is 35.5. The molecule has 137 valence electrons. The molecule has 5 rings (SSSR count). The van der Waals surface area contributed by atoms with Crippen LogP contribution in [0.25, 0.3) is 0 Å². The molecule has 5 radical (unpaired) electrons. The molecular weight excluding hydrogens is 370 g/mol. The molecule has 0 bridgehead atoms. The quantitative estimate of drug-likeness (QED) is 0.663. The predicted molar refractivity (Wildman–Crippen MR) is 110 cm³/mol. The van der Waals surface area contributed by atoms with Gasteiger partial charge < -0.3 is 0 Å². The van der Waals surface area contributed by atoms with Crippen LogP contribution < -0.4 is 5.01 Å². The van der Waals surface area contributed by atoms with Crippen LogP contribution in [0.5, 0.6) is 0 Å². The number of rotatable bonds is 4. The second kappa shape index (κ2) is 7.40. The molecule has 2 aliphatic rings. The summed E-state index contributed by atoms with van der Waals surface area (Å²) in [5.41, 5.74) is 2.93. The fraction of sp³-hybridized carbons (Fsp3) is 0.0909. The molecule has 1 aromatic heterocycles. The van der Waals surface area contributed by atoms with Crippen molar-refractivity contribution in [1.82, 2.24) is 14.8 Å². The minimum absolute atomic E-state index is 0.150. The van der Waals surface area contributed by atoms with E-state index in [1.54, 1.807) is 12.7 Å². The van der Waals surface area contributed by atoms with Crippen molar-refractivity contribution in [2.24, 2.45) is 5.10 Å². The van der Waals surface area contributed by atoms with Crippen LogP contribution in [-0.2, 0) is 0 Å². The zero-order valence-corrected chi connectivity index (χ0v) is 15.7. The van der Waals surface area contributed by atoms with E-state index in [4.69, 9.17) is 16.7 Å². The molecule has 1 fully saturated rings. The topological polar surface area (TPSA) is 46.3 Å². The molecule has 2 atom stereocenters. The summed E-state index contributed by atoms with van der Waals surface area (Å²) in [6.45, 7) is 0. The van der Waals surface area contributed by atoms with E-state index in [2.05, 4.69) is 41.1 Å². The van der Waals surface area contributed by atoms with E-state index in [1.807, 2.05) is 58.9 Å². The first kappa shape index (κ1) is 17.4. The van der Waals surface area contributed by atoms with E-state index >= 15 is 0 Å². The van der Waals surface area contributed by atoms with Crippen molar-refractivity contribution < 1.29 is 0 Å². The first-order valence-electron chi connectivity index (χ1n) is 9.06. The van der Waals surface area contributed by atoms with Gasteiger partial charge in [0.15, 0.2) is 0 Å². The molecule has 0 amide bonds. The normalized spacial score (nSPS) is 22.6. The highest BCUT2D eigenvalue weighted by molar-refractivity contribution is 6.31. The number of hydrogen-bond donors (Lipinski definition) is 0. The van der Waals surface area contributed by atoms with E-state index in [-0.39, 0.29) is 12.1 Å². The van der Waals surface area contributed by atoms with Crippen molar-refractivity contribution in [2.75, 3.05) is 5.01 Å². The van der Waals surface area contributed by atoms with Gasteiger partial charge >= 0.3 is 0 Å². The van der Waals surface area contributed by atoms with Crippen molar-refractivity contribution in [3.05, 3.63) is 109 Å². The Morgan fingerprint density at radius 1 is 0.857 bits per heavy atom. The van der Waals surface area contributed by atoms with Crippen molar-refractivity contribution in [3.8, 4) is 0 Å². The number of hydrogen-bond acceptors (Lipinski definition) is 4. The molecule has 0 N–H and O–H groups in total. The molecule has 3 aromatic rings. The average Bonchev–Trinajstić information content (AvgIpc) is 3.48. The average molecular weight is 387 g/mol. The molecule has 5 nitrogen and oxygen atoms in total. The maximum Gasteiger partial charge on any atom is 0.137 e. The minimum Gasteiger partial charge on any atom is -0.255 e. The van der Waals surface area contributed by atoms with Gasteiger partial charge in [-0.1, -0.05) is 48.0 Å². The summed E-state index contributed by atoms with van der Waals surface area (Å²) in [5, 5.41) is 12.2. The van der Waals surface area contributed by atoms with Gasteiger partial charge in [0.1, 0.15) is 24.7 Å². The zero-order chi connectivity index (χ0) is 18.9. The Labute approximate surface area is 169 Å². The molecule has 28 heavy (non-hydrogen) atoms. The zero-order valence-electron chi connectivity index (χ0n) is 14.9. The predicted octanol–water partition coefficient (Wildman–Crippen LogP) is 4.50. The summed E-state index contributed by atoms with van der Waals surface area (Å²) >= 11 is 6.63. The Morgan fingerprint density at radius 3 is 2.32 bits per heavy atom. The standard InChI is InChI=1S/C22H17ClN5/c23-19-13-7-6-12-18(19)21-22(27-15-24-14-25-27)20(16-8-4-5-9-16)26-28(21)17-10-2-1-3-11-17/h1-15,21-22H/t21-,22+/m0/s1. The van der Waals surface area contributed by atoms with Crippen LogP contribution in [-0.4, -0.2) is 20.5 Å². The monoisotopic (exact) mass is 386 g/mol. The highest BCUT2D eigenvalue weighted by Crippen LogP contribution is 2.47. The molecule has 2 aromatic carbocycles. The molecule has 6 heteroatoms. The highest BCUT2D eigenvalue weighted by Gasteiger charge is 2.45. The summed E-state index contributed by atoms with van der Waals surface area (Å²) in [6.07, 6.45) is 11.5. The molecule has 1 aliphatic carbocycles. The van der Waals surface area contributed by atoms with Crippen molar-refractivity contribution in [2.45, 2.75) is 12.1 Å². The largest absolute Gasteiger partial charge is 0.255 e. The molecule has 0 saturated heterocycles. The molecule has 0 spiro atoms. The van der Waals surface area contributed by atoms with Crippen LogP contribution in [0.4, 0.5) is 5.69 Å². The molecule has 2 heterocycles. The Balaban J connectivity index is 1.68. The van der Waals surface area contributed by atoms with E-state index < -0.39 is 0 Å². The molecular formula is C22H17ClN5. The smallest absolute Gasteiger partial charge is 0.137 e. The van der Waals surface area contributed by atoms with Crippen molar-refractivity contribution in [1.29, 1.82) is 0 Å². The lowest BCUT2D eigenvalue weighted by atomic mass is 9.89. The van der Waals surface area contributed by atoms with E-state index in [9.17, 15) is 0 Å². The Morgan fingerprint density at radius 2 is 1.61 bits per heavy atom. The van der Waals surface area contributed by atoms with Crippen LogP contribution in [0.3, 0.4) is 0 Å². The third-order valence-corrected chi connectivity index (χ3v) is 5.33. The Hall–Kier alpha value is -2.66. The lowest BCUT2D eigenvalue weighted by Crippen LogP contribution is -2.30. The third-order valence-electron chi connectivity index (χ3n) is 4.98. The number of hydrazone groups is 1. The van der Waals surface area contributed by atoms with Gasteiger partial charge in [-0.2, -0.15) is 10.2 Å². The van der Waals surface area contributed by atoms with Gasteiger partial charge in [-0.3, -0.25) is 5.01 Å². The number of para-hydroxylation sites is 1. The Kier molecular flexibility index (Phi) is 4.61. The lowest BCUT2D eigenvalue weighted by molar-refractivity contribution is 0.483. The van der Waals surface area contributed by atoms with E-state index in [0.717, 1.165) is 22.9 Å². The van der Waals surface area contributed by atoms with Gasteiger partial charge in [-0.15, -0.1) is 0 Å². The van der Waals surface area contributed by atoms with Gasteiger partial charge in [-0.05, 0) is 49.4 Å². The van der Waals surface area contributed by atoms with Gasteiger partial charge in [-0.25, -0.2) is 9.67 Å². The Bertz CT molecular complexity index is 964. The number of anilines is 1. The van der Waals surface area contributed by atoms with E-state index in [0.29, 0.717) is 5.02 Å². The van der Waals surface area contributed by atoms with Gasteiger partial charge in [0.2, 0.25) is 0 Å². The summed E-state index contributed by atoms with van der Waals surface area (Å²) in [7, 11) is 0. The second-order valence-corrected chi connectivity index (χ2v) is 7.03. The van der Waals surface area contributed by atoms with Crippen LogP contribution in [0.15, 0.2) is 72.4 Å². The maximum absolute atomic E-state index is 6.63. The third kappa shape index (κ3) is 3.00. The van der Waals surface area contributed by atoms with Gasteiger partial charge in [0.05, 0.1) is 11.4 Å². The van der Waals surface area contributed by atoms with Gasteiger partial charge in [0.25, 0.3) is 0 Å². The number of benzene rings is 2. The molecule has 0 unspecified atom stereocenters. The molecule has 1 saturated carbocycles. The van der Waals surface area contributed by atoms with Crippen LogP contribution in [0.1, 0.15) is 17.6 Å². The van der Waals surface area contributed by atoms with Crippen LogP contribution in [0.2, 0.25) is 5.02 Å². The summed E-state index contributed by atoms with van der Waals surface area (Å²) < 4.78 is 1.86. The SMILES string of the molecule is Clc1ccccc1[C@H]1[C@H](n2cncn2)C([C]2[CH][CH][CH][CH]2)=NN1c1ccccc1. The second-order valence-electron chi connectivity index (χ2n) is 6.63. The lowest BCUT2D eigenvalue weighted by Gasteiger charge is -2.29. The number of halogens is 1. The molecule has 1 aliphatic heterocycles. The first-order chi connectivity index (χ1) is 13.8. The van der Waals surface area contributed by atoms with Crippen LogP contribution >= 0.6 is 11.6 Å². The minimum atomic E-state index is -0.162. The van der Waals surface area contributed by atoms with Crippen molar-refractivity contribution >= 4 is 23.0 Å². The van der Waals surface area contributed by atoms with Crippen LogP contribution in [0, 0.1) is 31.6 Å². The van der Waals surface area contributed by atoms with E-state index in [1.165, 1.54) is 0 Å².